The Morgan fingerprint density at radius 1 is 1.29 bits per heavy atom. The van der Waals surface area contributed by atoms with Crippen molar-refractivity contribution in [2.45, 2.75) is 43.4 Å². The van der Waals surface area contributed by atoms with Crippen LogP contribution in [0.2, 0.25) is 0 Å². The third-order valence-corrected chi connectivity index (χ3v) is 7.07. The highest BCUT2D eigenvalue weighted by atomic mass is 32.2. The van der Waals surface area contributed by atoms with Crippen LogP contribution in [0.15, 0.2) is 36.4 Å². The number of rotatable bonds is 7. The van der Waals surface area contributed by atoms with Gasteiger partial charge in [-0.25, -0.2) is 14.4 Å². The van der Waals surface area contributed by atoms with Gasteiger partial charge in [-0.2, -0.15) is 11.8 Å². The minimum absolute atomic E-state index is 0.0881. The third-order valence-electron chi connectivity index (χ3n) is 5.86. The van der Waals surface area contributed by atoms with Crippen LogP contribution in [0.3, 0.4) is 0 Å². The van der Waals surface area contributed by atoms with Crippen molar-refractivity contribution < 1.29 is 33.4 Å². The van der Waals surface area contributed by atoms with E-state index < -0.39 is 30.2 Å². The first-order valence-electron chi connectivity index (χ1n) is 10.1. The van der Waals surface area contributed by atoms with Crippen LogP contribution in [0.5, 0.6) is 0 Å². The number of β-lactam (4-membered cyclic amide) rings is 1. The van der Waals surface area contributed by atoms with Gasteiger partial charge in [0.2, 0.25) is 5.91 Å². The highest BCUT2D eigenvalue weighted by Gasteiger charge is 2.60. The summed E-state index contributed by atoms with van der Waals surface area (Å²) in [4.78, 5) is 50.8. The van der Waals surface area contributed by atoms with Crippen molar-refractivity contribution in [3.8, 4) is 0 Å². The van der Waals surface area contributed by atoms with Crippen molar-refractivity contribution in [2.24, 2.45) is 5.92 Å². The maximum Gasteiger partial charge on any atom is 0.342 e. The number of hydrogen-bond acceptors (Lipinski definition) is 8. The number of carbonyl (C=O) groups excluding carboxylic acids is 4. The molecule has 3 aliphatic rings. The Kier molecular flexibility index (Phi) is 6.04. The van der Waals surface area contributed by atoms with Crippen LogP contribution < -0.4 is 0 Å². The van der Waals surface area contributed by atoms with E-state index in [1.165, 1.54) is 13.2 Å². The van der Waals surface area contributed by atoms with E-state index in [1.807, 2.05) is 6.92 Å². The lowest BCUT2D eigenvalue weighted by Crippen LogP contribution is -2.62. The normalized spacial score (nSPS) is 28.7. The first-order chi connectivity index (χ1) is 15.0. The molecule has 2 saturated heterocycles. The average molecular weight is 445 g/mol. The fraction of sp³-hybridized carbons (Fsp3) is 0.455. The maximum atomic E-state index is 13.1. The lowest BCUT2D eigenvalue weighted by molar-refractivity contribution is -0.180. The molecule has 1 aromatic carbocycles. The van der Waals surface area contributed by atoms with Gasteiger partial charge in [0.15, 0.2) is 0 Å². The van der Waals surface area contributed by atoms with Gasteiger partial charge >= 0.3 is 17.9 Å². The summed E-state index contributed by atoms with van der Waals surface area (Å²) < 4.78 is 15.4. The predicted octanol–water partition coefficient (Wildman–Crippen LogP) is 2.24. The summed E-state index contributed by atoms with van der Waals surface area (Å²) in [5, 5.41) is -0.103. The van der Waals surface area contributed by atoms with E-state index in [0.29, 0.717) is 24.0 Å². The van der Waals surface area contributed by atoms with E-state index in [2.05, 4.69) is 4.74 Å². The number of esters is 3. The molecule has 1 amide bonds. The molecule has 0 aromatic heterocycles. The first-order valence-corrected chi connectivity index (χ1v) is 11.2. The standard InChI is InChI=1S/C22H23NO7S/c1-3-31-16-11-15-14(9-6-10-17(24)28-2)19(25)23(15)18(16)21(27)30-22-13-8-5-4-7-12(13)20(26)29-22/h4-8,10,14-16,18,22H,3,9,11H2,1-2H3. The Morgan fingerprint density at radius 3 is 2.81 bits per heavy atom. The van der Waals surface area contributed by atoms with Crippen molar-refractivity contribution in [1.29, 1.82) is 0 Å². The highest BCUT2D eigenvalue weighted by Crippen LogP contribution is 2.46. The van der Waals surface area contributed by atoms with Gasteiger partial charge in [-0.1, -0.05) is 31.2 Å². The Morgan fingerprint density at radius 2 is 2.06 bits per heavy atom. The highest BCUT2D eigenvalue weighted by molar-refractivity contribution is 7.99. The fourth-order valence-corrected chi connectivity index (χ4v) is 5.64. The molecule has 9 heteroatoms. The molecular formula is C22H23NO7S. The molecule has 0 N–H and O–H groups in total. The molecule has 0 saturated carbocycles. The second-order valence-corrected chi connectivity index (χ2v) is 9.03. The minimum atomic E-state index is -1.10. The quantitative estimate of drug-likeness (QED) is 0.358. The lowest BCUT2D eigenvalue weighted by atomic mass is 9.85. The summed E-state index contributed by atoms with van der Waals surface area (Å²) in [7, 11) is 1.29. The molecule has 3 aliphatic heterocycles. The molecule has 0 bridgehead atoms. The number of nitrogens with zero attached hydrogens (tertiary/aromatic N) is 1. The maximum absolute atomic E-state index is 13.1. The van der Waals surface area contributed by atoms with Crippen molar-refractivity contribution in [2.75, 3.05) is 12.9 Å². The number of allylic oxidation sites excluding steroid dienone is 1. The molecule has 0 spiro atoms. The Balaban J connectivity index is 1.47. The van der Waals surface area contributed by atoms with Crippen molar-refractivity contribution in [3.05, 3.63) is 47.5 Å². The van der Waals surface area contributed by atoms with E-state index in [-0.39, 0.29) is 23.1 Å². The van der Waals surface area contributed by atoms with Gasteiger partial charge in [0, 0.05) is 22.9 Å². The van der Waals surface area contributed by atoms with Gasteiger partial charge in [-0.3, -0.25) is 4.79 Å². The van der Waals surface area contributed by atoms with E-state index in [4.69, 9.17) is 9.47 Å². The molecule has 0 aliphatic carbocycles. The van der Waals surface area contributed by atoms with Crippen LogP contribution in [0.4, 0.5) is 0 Å². The largest absolute Gasteiger partial charge is 0.466 e. The summed E-state index contributed by atoms with van der Waals surface area (Å²) in [6, 6.07) is 5.95. The predicted molar refractivity (Wildman–Crippen MR) is 111 cm³/mol. The monoisotopic (exact) mass is 445 g/mol. The van der Waals surface area contributed by atoms with Crippen LogP contribution in [0, 0.1) is 5.92 Å². The second-order valence-electron chi connectivity index (χ2n) is 7.52. The molecule has 4 rings (SSSR count). The molecule has 5 atom stereocenters. The smallest absolute Gasteiger partial charge is 0.342 e. The number of methoxy groups -OCH3 is 1. The van der Waals surface area contributed by atoms with Crippen LogP contribution in [0.1, 0.15) is 42.0 Å². The van der Waals surface area contributed by atoms with Crippen LogP contribution in [-0.2, 0) is 28.6 Å². The zero-order valence-corrected chi connectivity index (χ0v) is 18.0. The van der Waals surface area contributed by atoms with Gasteiger partial charge in [0.25, 0.3) is 6.29 Å². The van der Waals surface area contributed by atoms with E-state index >= 15 is 0 Å². The number of benzene rings is 1. The van der Waals surface area contributed by atoms with Crippen molar-refractivity contribution in [3.63, 3.8) is 0 Å². The summed E-state index contributed by atoms with van der Waals surface area (Å²) in [6.07, 6.45) is 2.92. The Labute approximate surface area is 183 Å². The number of fused-ring (bicyclic) bond motifs is 2. The van der Waals surface area contributed by atoms with E-state index in [0.717, 1.165) is 5.75 Å². The number of amides is 1. The molecule has 0 radical (unpaired) electrons. The molecule has 8 nitrogen and oxygen atoms in total. The topological polar surface area (TPSA) is 99.2 Å². The fourth-order valence-electron chi connectivity index (χ4n) is 4.45. The molecule has 31 heavy (non-hydrogen) atoms. The SMILES string of the molecule is CCSC1CC2C(CC=CC(=O)OC)C(=O)N2C1C(=O)OC1OC(=O)c2ccccc21. The van der Waals surface area contributed by atoms with Crippen molar-refractivity contribution >= 4 is 35.6 Å². The number of cyclic esters (lactones) is 1. The molecule has 2 fully saturated rings. The average Bonchev–Trinajstić information content (AvgIpc) is 3.27. The van der Waals surface area contributed by atoms with Gasteiger partial charge in [-0.15, -0.1) is 0 Å². The van der Waals surface area contributed by atoms with Crippen LogP contribution in [0.25, 0.3) is 0 Å². The number of thioether (sulfide) groups is 1. The molecule has 1 aromatic rings. The molecular weight excluding hydrogens is 422 g/mol. The summed E-state index contributed by atoms with van der Waals surface area (Å²) in [5.74, 6) is -1.19. The molecule has 3 heterocycles. The number of hydrogen-bond donors (Lipinski definition) is 0. The zero-order chi connectivity index (χ0) is 22.1. The third kappa shape index (κ3) is 3.82. The summed E-state index contributed by atoms with van der Waals surface area (Å²) in [6.45, 7) is 2.00. The van der Waals surface area contributed by atoms with Gasteiger partial charge < -0.3 is 19.1 Å². The van der Waals surface area contributed by atoms with Gasteiger partial charge in [0.05, 0.1) is 18.6 Å². The Bertz CT molecular complexity index is 946. The summed E-state index contributed by atoms with van der Waals surface area (Å²) in [5.41, 5.74) is 0.886. The minimum Gasteiger partial charge on any atom is -0.466 e. The lowest BCUT2D eigenvalue weighted by Gasteiger charge is -2.44. The molecule has 164 valence electrons. The summed E-state index contributed by atoms with van der Waals surface area (Å²) >= 11 is 1.61. The molecule has 5 unspecified atom stereocenters. The number of ether oxygens (including phenoxy) is 3. The van der Waals surface area contributed by atoms with Gasteiger partial charge in [-0.05, 0) is 24.7 Å². The van der Waals surface area contributed by atoms with E-state index in [9.17, 15) is 19.2 Å². The first kappa shape index (κ1) is 21.4. The van der Waals surface area contributed by atoms with Crippen molar-refractivity contribution in [1.82, 2.24) is 4.90 Å². The zero-order valence-electron chi connectivity index (χ0n) is 17.2. The second kappa shape index (κ2) is 8.74. The van der Waals surface area contributed by atoms with Crippen LogP contribution >= 0.6 is 11.8 Å². The van der Waals surface area contributed by atoms with E-state index in [1.54, 1.807) is 47.0 Å². The number of carbonyl (C=O) groups is 4. The Hall–Kier alpha value is -2.81. The van der Waals surface area contributed by atoms with Gasteiger partial charge in [0.1, 0.15) is 6.04 Å². The van der Waals surface area contributed by atoms with Crippen LogP contribution in [-0.4, -0.2) is 58.9 Å².